The standard InChI is InChI=1S/C15H30N4/c1-3-4-5-6-7-12-10-13(14(17)11-19-12)15(18-2)8-9-16/h10,14-15,18H,3-9,11,16-17H2,1-2H3. The average Bonchev–Trinajstić information content (AvgIpc) is 2.43. The minimum Gasteiger partial charge on any atom is -0.330 e. The number of aliphatic imine (C=N–C) groups is 1. The lowest BCUT2D eigenvalue weighted by Gasteiger charge is -2.27. The Labute approximate surface area is 117 Å². The molecule has 0 bridgehead atoms. The second kappa shape index (κ2) is 9.23. The van der Waals surface area contributed by atoms with Gasteiger partial charge in [-0.3, -0.25) is 4.99 Å². The predicted octanol–water partition coefficient (Wildman–Crippen LogP) is 1.60. The van der Waals surface area contributed by atoms with Gasteiger partial charge in [-0.15, -0.1) is 0 Å². The molecule has 1 aliphatic rings. The van der Waals surface area contributed by atoms with Crippen molar-refractivity contribution < 1.29 is 0 Å². The molecule has 1 aliphatic heterocycles. The molecule has 0 saturated heterocycles. The van der Waals surface area contributed by atoms with Crippen LogP contribution < -0.4 is 16.8 Å². The smallest absolute Gasteiger partial charge is 0.0583 e. The lowest BCUT2D eigenvalue weighted by molar-refractivity contribution is 0.549. The molecule has 0 fully saturated rings. The van der Waals surface area contributed by atoms with Crippen LogP contribution in [-0.2, 0) is 0 Å². The van der Waals surface area contributed by atoms with Crippen molar-refractivity contribution in [2.24, 2.45) is 16.5 Å². The molecule has 0 spiro atoms. The average molecular weight is 266 g/mol. The molecule has 2 unspecified atom stereocenters. The molecule has 1 heterocycles. The first-order valence-electron chi connectivity index (χ1n) is 7.60. The van der Waals surface area contributed by atoms with Gasteiger partial charge in [0.2, 0.25) is 0 Å². The molecule has 110 valence electrons. The maximum absolute atomic E-state index is 6.17. The highest BCUT2D eigenvalue weighted by Gasteiger charge is 2.21. The first-order valence-corrected chi connectivity index (χ1v) is 7.60. The van der Waals surface area contributed by atoms with Crippen LogP contribution in [0.3, 0.4) is 0 Å². The topological polar surface area (TPSA) is 76.4 Å². The summed E-state index contributed by atoms with van der Waals surface area (Å²) in [4.78, 5) is 4.59. The predicted molar refractivity (Wildman–Crippen MR) is 83.6 cm³/mol. The van der Waals surface area contributed by atoms with E-state index in [9.17, 15) is 0 Å². The summed E-state index contributed by atoms with van der Waals surface area (Å²) in [5, 5.41) is 3.32. The number of nitrogens with two attached hydrogens (primary N) is 2. The number of allylic oxidation sites excluding steroid dienone is 1. The van der Waals surface area contributed by atoms with Gasteiger partial charge in [-0.2, -0.15) is 0 Å². The summed E-state index contributed by atoms with van der Waals surface area (Å²) in [5.41, 5.74) is 14.3. The van der Waals surface area contributed by atoms with Gasteiger partial charge in [-0.1, -0.05) is 26.2 Å². The third-order valence-electron chi connectivity index (χ3n) is 3.75. The third-order valence-corrected chi connectivity index (χ3v) is 3.75. The fourth-order valence-corrected chi connectivity index (χ4v) is 2.55. The SMILES string of the molecule is CCCCCCC1=NCC(N)C(C(CCN)NC)=C1. The monoisotopic (exact) mass is 266 g/mol. The Morgan fingerprint density at radius 3 is 2.84 bits per heavy atom. The third kappa shape index (κ3) is 5.43. The summed E-state index contributed by atoms with van der Waals surface area (Å²) >= 11 is 0. The first kappa shape index (κ1) is 16.3. The molecular weight excluding hydrogens is 236 g/mol. The molecule has 2 atom stereocenters. The van der Waals surface area contributed by atoms with Crippen LogP contribution in [0.2, 0.25) is 0 Å². The molecular formula is C15H30N4. The van der Waals surface area contributed by atoms with Gasteiger partial charge >= 0.3 is 0 Å². The largest absolute Gasteiger partial charge is 0.330 e. The van der Waals surface area contributed by atoms with E-state index in [1.54, 1.807) is 0 Å². The Kier molecular flexibility index (Phi) is 7.94. The second-order valence-corrected chi connectivity index (χ2v) is 5.31. The normalized spacial score (nSPS) is 20.9. The Morgan fingerprint density at radius 2 is 2.21 bits per heavy atom. The van der Waals surface area contributed by atoms with Gasteiger partial charge in [0.25, 0.3) is 0 Å². The summed E-state index contributed by atoms with van der Waals surface area (Å²) in [6.07, 6.45) is 9.33. The van der Waals surface area contributed by atoms with E-state index in [4.69, 9.17) is 11.5 Å². The van der Waals surface area contributed by atoms with E-state index in [1.807, 2.05) is 7.05 Å². The molecule has 4 nitrogen and oxygen atoms in total. The van der Waals surface area contributed by atoms with Crippen molar-refractivity contribution in [3.63, 3.8) is 0 Å². The number of nitrogens with one attached hydrogen (secondary N) is 1. The van der Waals surface area contributed by atoms with E-state index in [1.165, 1.54) is 37.0 Å². The van der Waals surface area contributed by atoms with Gasteiger partial charge in [0.1, 0.15) is 0 Å². The van der Waals surface area contributed by atoms with E-state index in [-0.39, 0.29) is 6.04 Å². The van der Waals surface area contributed by atoms with Crippen molar-refractivity contribution in [3.05, 3.63) is 11.6 Å². The zero-order valence-electron chi connectivity index (χ0n) is 12.5. The molecule has 4 heteroatoms. The number of dihydropyridines is 1. The number of unbranched alkanes of at least 4 members (excludes halogenated alkanes) is 3. The van der Waals surface area contributed by atoms with Gasteiger partial charge < -0.3 is 16.8 Å². The fraction of sp³-hybridized carbons (Fsp3) is 0.800. The van der Waals surface area contributed by atoms with Crippen molar-refractivity contribution in [1.82, 2.24) is 5.32 Å². The van der Waals surface area contributed by atoms with E-state index in [0.717, 1.165) is 19.4 Å². The molecule has 0 aromatic heterocycles. The van der Waals surface area contributed by atoms with Crippen molar-refractivity contribution in [2.45, 2.75) is 57.5 Å². The molecule has 1 rings (SSSR count). The molecule has 19 heavy (non-hydrogen) atoms. The van der Waals surface area contributed by atoms with Gasteiger partial charge in [0.15, 0.2) is 0 Å². The lowest BCUT2D eigenvalue weighted by atomic mass is 9.92. The Balaban J connectivity index is 2.57. The highest BCUT2D eigenvalue weighted by Crippen LogP contribution is 2.17. The van der Waals surface area contributed by atoms with Crippen LogP contribution in [0.1, 0.15) is 45.4 Å². The Morgan fingerprint density at radius 1 is 1.42 bits per heavy atom. The van der Waals surface area contributed by atoms with Crippen LogP contribution in [0.5, 0.6) is 0 Å². The van der Waals surface area contributed by atoms with E-state index in [0.29, 0.717) is 12.6 Å². The van der Waals surface area contributed by atoms with Crippen molar-refractivity contribution >= 4 is 5.71 Å². The highest BCUT2D eigenvalue weighted by molar-refractivity contribution is 5.96. The summed E-state index contributed by atoms with van der Waals surface area (Å²) in [7, 11) is 1.97. The summed E-state index contributed by atoms with van der Waals surface area (Å²) in [6, 6.07) is 0.338. The number of hydrogen-bond acceptors (Lipinski definition) is 4. The molecule has 0 aromatic rings. The van der Waals surface area contributed by atoms with Crippen molar-refractivity contribution in [1.29, 1.82) is 0 Å². The van der Waals surface area contributed by atoms with E-state index in [2.05, 4.69) is 23.3 Å². The quantitative estimate of drug-likeness (QED) is 0.555. The van der Waals surface area contributed by atoms with E-state index >= 15 is 0 Å². The second-order valence-electron chi connectivity index (χ2n) is 5.31. The van der Waals surface area contributed by atoms with Crippen LogP contribution in [0.15, 0.2) is 16.6 Å². The maximum Gasteiger partial charge on any atom is 0.0583 e. The van der Waals surface area contributed by atoms with Gasteiger partial charge in [-0.25, -0.2) is 0 Å². The Bertz CT molecular complexity index is 309. The van der Waals surface area contributed by atoms with Crippen molar-refractivity contribution in [3.8, 4) is 0 Å². The fourth-order valence-electron chi connectivity index (χ4n) is 2.55. The van der Waals surface area contributed by atoms with Crippen molar-refractivity contribution in [2.75, 3.05) is 20.1 Å². The molecule has 0 amide bonds. The zero-order chi connectivity index (χ0) is 14.1. The van der Waals surface area contributed by atoms with Gasteiger partial charge in [0, 0.05) is 17.8 Å². The summed E-state index contributed by atoms with van der Waals surface area (Å²) in [5.74, 6) is 0. The van der Waals surface area contributed by atoms with Crippen LogP contribution in [-0.4, -0.2) is 37.9 Å². The molecule has 0 aliphatic carbocycles. The number of rotatable bonds is 9. The lowest BCUT2D eigenvalue weighted by Crippen LogP contribution is -2.41. The summed E-state index contributed by atoms with van der Waals surface area (Å²) < 4.78 is 0. The zero-order valence-corrected chi connectivity index (χ0v) is 12.5. The minimum absolute atomic E-state index is 0.0448. The van der Waals surface area contributed by atoms with Crippen LogP contribution >= 0.6 is 0 Å². The van der Waals surface area contributed by atoms with Crippen LogP contribution in [0.25, 0.3) is 0 Å². The van der Waals surface area contributed by atoms with Crippen LogP contribution in [0, 0.1) is 0 Å². The van der Waals surface area contributed by atoms with Crippen LogP contribution in [0.4, 0.5) is 0 Å². The molecule has 0 aromatic carbocycles. The maximum atomic E-state index is 6.17. The van der Waals surface area contributed by atoms with Gasteiger partial charge in [0.05, 0.1) is 6.54 Å². The minimum atomic E-state index is 0.0448. The summed E-state index contributed by atoms with van der Waals surface area (Å²) in [6.45, 7) is 3.63. The number of nitrogens with zero attached hydrogens (tertiary/aromatic N) is 1. The van der Waals surface area contributed by atoms with E-state index < -0.39 is 0 Å². The molecule has 0 radical (unpaired) electrons. The Hall–Kier alpha value is -0.710. The number of hydrogen-bond donors (Lipinski definition) is 3. The molecule has 0 saturated carbocycles. The van der Waals surface area contributed by atoms with Gasteiger partial charge in [-0.05, 0) is 44.5 Å². The first-order chi connectivity index (χ1) is 9.22. The highest BCUT2D eigenvalue weighted by atomic mass is 14.9. The molecule has 5 N–H and O–H groups in total. The number of likely N-dealkylation sites (N-methyl/N-ethyl adjacent to an activating group) is 1.